The second kappa shape index (κ2) is 6.79. The van der Waals surface area contributed by atoms with Crippen molar-refractivity contribution in [3.63, 3.8) is 0 Å². The minimum atomic E-state index is -0.326. The summed E-state index contributed by atoms with van der Waals surface area (Å²) >= 11 is 0. The van der Waals surface area contributed by atoms with E-state index in [1.165, 1.54) is 0 Å². The van der Waals surface area contributed by atoms with Crippen LogP contribution in [-0.2, 0) is 19.3 Å². The molecule has 0 heterocycles. The molecule has 0 saturated heterocycles. The van der Waals surface area contributed by atoms with Gasteiger partial charge in [0, 0.05) is 6.42 Å². The molecule has 0 aliphatic rings. The Morgan fingerprint density at radius 1 is 1.21 bits per heavy atom. The number of carbonyl (C=O) groups is 1. The maximum atomic E-state index is 10.9. The third kappa shape index (κ3) is 9.48. The number of carbonyl (C=O) groups excluding carboxylic acids is 1. The fourth-order valence-electron chi connectivity index (χ4n) is 0.684. The summed E-state index contributed by atoms with van der Waals surface area (Å²) in [6, 6.07) is 0. The summed E-state index contributed by atoms with van der Waals surface area (Å²) in [7, 11) is 0. The lowest BCUT2D eigenvalue weighted by Crippen LogP contribution is -2.21. The first-order valence-corrected chi connectivity index (χ1v) is 4.92. The molecule has 0 unspecified atom stereocenters. The molecular weight excluding hydrogens is 184 g/mol. The average molecular weight is 204 g/mol. The van der Waals surface area contributed by atoms with Gasteiger partial charge in [-0.15, -0.1) is 0 Å². The van der Waals surface area contributed by atoms with Crippen molar-refractivity contribution in [2.75, 3.05) is 13.2 Å². The molecule has 0 aromatic heterocycles. The van der Waals surface area contributed by atoms with E-state index in [0.29, 0.717) is 6.42 Å². The van der Waals surface area contributed by atoms with Crippen LogP contribution < -0.4 is 0 Å². The Bertz CT molecular complexity index is 160. The standard InChI is InChI=1S/C10H20O4/c1-5-6-9(11)12-7-8-13-14-10(2,3)4/h5-8H2,1-4H3. The van der Waals surface area contributed by atoms with Gasteiger partial charge in [0.15, 0.2) is 0 Å². The summed E-state index contributed by atoms with van der Waals surface area (Å²) in [5.41, 5.74) is -0.326. The van der Waals surface area contributed by atoms with Gasteiger partial charge >= 0.3 is 5.97 Å². The molecule has 0 aromatic rings. The Morgan fingerprint density at radius 2 is 1.86 bits per heavy atom. The van der Waals surface area contributed by atoms with E-state index in [1.54, 1.807) is 0 Å². The number of hydrogen-bond donors (Lipinski definition) is 0. The smallest absolute Gasteiger partial charge is 0.305 e. The third-order valence-corrected chi connectivity index (χ3v) is 1.19. The number of esters is 1. The zero-order chi connectivity index (χ0) is 11.0. The fourth-order valence-corrected chi connectivity index (χ4v) is 0.684. The van der Waals surface area contributed by atoms with Crippen LogP contribution in [-0.4, -0.2) is 24.8 Å². The molecule has 0 bridgehead atoms. The SMILES string of the molecule is CCCC(=O)OCCOOC(C)(C)C. The molecule has 0 aliphatic carbocycles. The van der Waals surface area contributed by atoms with Gasteiger partial charge in [-0.3, -0.25) is 4.79 Å². The second-order valence-electron chi connectivity index (χ2n) is 3.99. The Labute approximate surface area is 85.5 Å². The average Bonchev–Trinajstić information content (AvgIpc) is 2.02. The van der Waals surface area contributed by atoms with Crippen LogP contribution >= 0.6 is 0 Å². The highest BCUT2D eigenvalue weighted by molar-refractivity contribution is 5.69. The zero-order valence-corrected chi connectivity index (χ0v) is 9.46. The van der Waals surface area contributed by atoms with Crippen molar-refractivity contribution in [3.05, 3.63) is 0 Å². The highest BCUT2D eigenvalue weighted by atomic mass is 17.2. The molecule has 0 amide bonds. The first kappa shape index (κ1) is 13.4. The van der Waals surface area contributed by atoms with Gasteiger partial charge in [-0.1, -0.05) is 6.92 Å². The van der Waals surface area contributed by atoms with Crippen molar-refractivity contribution in [2.45, 2.75) is 46.1 Å². The monoisotopic (exact) mass is 204 g/mol. The van der Waals surface area contributed by atoms with E-state index in [1.807, 2.05) is 27.7 Å². The molecule has 0 radical (unpaired) electrons. The Kier molecular flexibility index (Phi) is 6.49. The Morgan fingerprint density at radius 3 is 2.36 bits per heavy atom. The van der Waals surface area contributed by atoms with Crippen LogP contribution in [0.3, 0.4) is 0 Å². The van der Waals surface area contributed by atoms with Gasteiger partial charge in [0.25, 0.3) is 0 Å². The van der Waals surface area contributed by atoms with Crippen molar-refractivity contribution >= 4 is 5.97 Å². The number of rotatable bonds is 6. The van der Waals surface area contributed by atoms with E-state index in [4.69, 9.17) is 14.5 Å². The van der Waals surface area contributed by atoms with Gasteiger partial charge in [0.1, 0.15) is 13.2 Å². The van der Waals surface area contributed by atoms with Gasteiger partial charge in [0.2, 0.25) is 0 Å². The van der Waals surface area contributed by atoms with Crippen molar-refractivity contribution in [1.82, 2.24) is 0 Å². The van der Waals surface area contributed by atoms with Crippen LogP contribution in [0, 0.1) is 0 Å². The fraction of sp³-hybridized carbons (Fsp3) is 0.900. The highest BCUT2D eigenvalue weighted by Crippen LogP contribution is 2.06. The molecule has 0 saturated carbocycles. The predicted octanol–water partition coefficient (Wildman–Crippen LogP) is 2.08. The molecule has 14 heavy (non-hydrogen) atoms. The Balaban J connectivity index is 3.26. The van der Waals surface area contributed by atoms with Crippen LogP contribution in [0.1, 0.15) is 40.5 Å². The first-order chi connectivity index (χ1) is 6.45. The van der Waals surface area contributed by atoms with E-state index in [2.05, 4.69) is 0 Å². The van der Waals surface area contributed by atoms with Crippen LogP contribution in [0.25, 0.3) is 0 Å². The molecular formula is C10H20O4. The maximum absolute atomic E-state index is 10.9. The molecule has 0 fully saturated rings. The number of ether oxygens (including phenoxy) is 1. The van der Waals surface area contributed by atoms with Crippen LogP contribution in [0.4, 0.5) is 0 Å². The van der Waals surface area contributed by atoms with Crippen molar-refractivity contribution < 1.29 is 19.3 Å². The highest BCUT2D eigenvalue weighted by Gasteiger charge is 2.11. The topological polar surface area (TPSA) is 44.8 Å². The molecule has 0 aromatic carbocycles. The second-order valence-corrected chi connectivity index (χ2v) is 3.99. The Hall–Kier alpha value is -0.610. The summed E-state index contributed by atoms with van der Waals surface area (Å²) in [5, 5.41) is 0. The van der Waals surface area contributed by atoms with E-state index < -0.39 is 0 Å². The predicted molar refractivity (Wildman–Crippen MR) is 52.7 cm³/mol. The largest absolute Gasteiger partial charge is 0.463 e. The molecule has 4 nitrogen and oxygen atoms in total. The number of hydrogen-bond acceptors (Lipinski definition) is 4. The van der Waals surface area contributed by atoms with Crippen LogP contribution in [0.15, 0.2) is 0 Å². The van der Waals surface area contributed by atoms with E-state index in [-0.39, 0.29) is 24.8 Å². The minimum absolute atomic E-state index is 0.188. The molecule has 0 aliphatic heterocycles. The third-order valence-electron chi connectivity index (χ3n) is 1.19. The lowest BCUT2D eigenvalue weighted by Gasteiger charge is -2.17. The summed E-state index contributed by atoms with van der Waals surface area (Å²) in [6.45, 7) is 8.10. The van der Waals surface area contributed by atoms with E-state index in [9.17, 15) is 4.79 Å². The molecule has 84 valence electrons. The lowest BCUT2D eigenvalue weighted by molar-refractivity contribution is -0.350. The summed E-state index contributed by atoms with van der Waals surface area (Å²) in [5.74, 6) is -0.188. The maximum Gasteiger partial charge on any atom is 0.305 e. The van der Waals surface area contributed by atoms with Gasteiger partial charge in [0.05, 0.1) is 5.60 Å². The van der Waals surface area contributed by atoms with Gasteiger partial charge in [-0.05, 0) is 27.2 Å². The van der Waals surface area contributed by atoms with Crippen LogP contribution in [0.2, 0.25) is 0 Å². The van der Waals surface area contributed by atoms with Crippen molar-refractivity contribution in [3.8, 4) is 0 Å². The minimum Gasteiger partial charge on any atom is -0.463 e. The molecule has 0 rings (SSSR count). The van der Waals surface area contributed by atoms with Gasteiger partial charge < -0.3 is 4.74 Å². The van der Waals surface area contributed by atoms with E-state index >= 15 is 0 Å². The van der Waals surface area contributed by atoms with E-state index in [0.717, 1.165) is 6.42 Å². The van der Waals surface area contributed by atoms with Gasteiger partial charge in [-0.25, -0.2) is 9.78 Å². The van der Waals surface area contributed by atoms with Crippen LogP contribution in [0.5, 0.6) is 0 Å². The molecule has 0 N–H and O–H groups in total. The summed E-state index contributed by atoms with van der Waals surface area (Å²) in [6.07, 6.45) is 1.26. The zero-order valence-electron chi connectivity index (χ0n) is 9.46. The first-order valence-electron chi connectivity index (χ1n) is 4.92. The van der Waals surface area contributed by atoms with Gasteiger partial charge in [-0.2, -0.15) is 0 Å². The molecule has 4 heteroatoms. The van der Waals surface area contributed by atoms with Crippen molar-refractivity contribution in [1.29, 1.82) is 0 Å². The molecule has 0 spiro atoms. The summed E-state index contributed by atoms with van der Waals surface area (Å²) < 4.78 is 4.85. The quantitative estimate of drug-likeness (QED) is 0.287. The summed E-state index contributed by atoms with van der Waals surface area (Å²) in [4.78, 5) is 20.7. The normalized spacial score (nSPS) is 11.4. The molecule has 0 atom stereocenters. The van der Waals surface area contributed by atoms with Crippen molar-refractivity contribution in [2.24, 2.45) is 0 Å². The lowest BCUT2D eigenvalue weighted by atomic mass is 10.2.